The van der Waals surface area contributed by atoms with Crippen LogP contribution in [0.15, 0.2) is 24.3 Å². The summed E-state index contributed by atoms with van der Waals surface area (Å²) in [5.41, 5.74) is 2.08. The summed E-state index contributed by atoms with van der Waals surface area (Å²) in [5.74, 6) is 0.156. The zero-order valence-electron chi connectivity index (χ0n) is 14.7. The van der Waals surface area contributed by atoms with Crippen molar-refractivity contribution in [2.45, 2.75) is 31.4 Å². The Morgan fingerprint density at radius 1 is 1.50 bits per heavy atom. The van der Waals surface area contributed by atoms with Crippen LogP contribution in [-0.4, -0.2) is 48.4 Å². The fourth-order valence-electron chi connectivity index (χ4n) is 3.02. The number of methoxy groups -OCH3 is 1. The van der Waals surface area contributed by atoms with E-state index in [1.54, 1.807) is 38.3 Å². The number of hydrogen-bond acceptors (Lipinski definition) is 5. The molecule has 3 amide bonds. The molecule has 140 valence electrons. The number of amides is 3. The SMILES string of the molecule is COc1cccc(C2(C)NC(=O)N(NC(=S)NCC3CCCO3)C2=O)c1. The second-order valence-electron chi connectivity index (χ2n) is 6.38. The number of hydrogen-bond donors (Lipinski definition) is 3. The number of urea groups is 1. The smallest absolute Gasteiger partial charge is 0.344 e. The lowest BCUT2D eigenvalue weighted by molar-refractivity contribution is -0.132. The van der Waals surface area contributed by atoms with Gasteiger partial charge in [-0.15, -0.1) is 0 Å². The molecule has 2 atom stereocenters. The summed E-state index contributed by atoms with van der Waals surface area (Å²) in [6.07, 6.45) is 2.09. The minimum Gasteiger partial charge on any atom is -0.497 e. The molecule has 2 aliphatic rings. The van der Waals surface area contributed by atoms with Gasteiger partial charge in [0.05, 0.1) is 13.2 Å². The molecule has 0 radical (unpaired) electrons. The minimum atomic E-state index is -1.21. The Kier molecular flexibility index (Phi) is 5.28. The van der Waals surface area contributed by atoms with E-state index in [-0.39, 0.29) is 11.2 Å². The first-order valence-electron chi connectivity index (χ1n) is 8.41. The maximum absolute atomic E-state index is 12.9. The molecule has 0 aliphatic carbocycles. The van der Waals surface area contributed by atoms with Crippen molar-refractivity contribution in [3.8, 4) is 5.75 Å². The molecule has 2 aliphatic heterocycles. The number of nitrogens with one attached hydrogen (secondary N) is 3. The van der Waals surface area contributed by atoms with Gasteiger partial charge in [-0.25, -0.2) is 4.79 Å². The highest BCUT2D eigenvalue weighted by atomic mass is 32.1. The van der Waals surface area contributed by atoms with E-state index in [9.17, 15) is 9.59 Å². The number of carbonyl (C=O) groups excluding carboxylic acids is 2. The van der Waals surface area contributed by atoms with E-state index in [1.807, 2.05) is 0 Å². The predicted octanol–water partition coefficient (Wildman–Crippen LogP) is 1.02. The van der Waals surface area contributed by atoms with Gasteiger partial charge in [0, 0.05) is 13.2 Å². The van der Waals surface area contributed by atoms with E-state index in [1.165, 1.54) is 0 Å². The van der Waals surface area contributed by atoms with Gasteiger partial charge in [-0.1, -0.05) is 12.1 Å². The fraction of sp³-hybridized carbons (Fsp3) is 0.471. The minimum absolute atomic E-state index is 0.0971. The van der Waals surface area contributed by atoms with E-state index >= 15 is 0 Å². The van der Waals surface area contributed by atoms with Gasteiger partial charge >= 0.3 is 6.03 Å². The van der Waals surface area contributed by atoms with E-state index in [4.69, 9.17) is 21.7 Å². The third kappa shape index (κ3) is 3.58. The molecule has 2 fully saturated rings. The monoisotopic (exact) mass is 378 g/mol. The molecule has 2 heterocycles. The van der Waals surface area contributed by atoms with Crippen LogP contribution in [0.2, 0.25) is 0 Å². The summed E-state index contributed by atoms with van der Waals surface area (Å²) in [7, 11) is 1.54. The molecule has 26 heavy (non-hydrogen) atoms. The molecule has 2 unspecified atom stereocenters. The lowest BCUT2D eigenvalue weighted by Gasteiger charge is -2.23. The maximum atomic E-state index is 12.9. The van der Waals surface area contributed by atoms with E-state index in [0.717, 1.165) is 24.5 Å². The Morgan fingerprint density at radius 2 is 2.31 bits per heavy atom. The second kappa shape index (κ2) is 7.46. The highest BCUT2D eigenvalue weighted by molar-refractivity contribution is 7.80. The average molecular weight is 378 g/mol. The lowest BCUT2D eigenvalue weighted by atomic mass is 9.92. The Labute approximate surface area is 157 Å². The van der Waals surface area contributed by atoms with Gasteiger partial charge in [0.1, 0.15) is 11.3 Å². The van der Waals surface area contributed by atoms with Crippen LogP contribution < -0.4 is 20.8 Å². The number of ether oxygens (including phenoxy) is 2. The lowest BCUT2D eigenvalue weighted by Crippen LogP contribution is -2.52. The first-order valence-corrected chi connectivity index (χ1v) is 8.82. The van der Waals surface area contributed by atoms with Crippen LogP contribution in [0.5, 0.6) is 5.75 Å². The van der Waals surface area contributed by atoms with Crippen molar-refractivity contribution in [3.63, 3.8) is 0 Å². The van der Waals surface area contributed by atoms with Crippen molar-refractivity contribution in [3.05, 3.63) is 29.8 Å². The summed E-state index contributed by atoms with van der Waals surface area (Å²) >= 11 is 5.19. The Morgan fingerprint density at radius 3 is 3.00 bits per heavy atom. The van der Waals surface area contributed by atoms with Crippen molar-refractivity contribution in [2.75, 3.05) is 20.3 Å². The average Bonchev–Trinajstić information content (AvgIpc) is 3.23. The third-order valence-electron chi connectivity index (χ3n) is 4.57. The Bertz CT molecular complexity index is 722. The quantitative estimate of drug-likeness (QED) is 0.520. The van der Waals surface area contributed by atoms with Crippen LogP contribution in [0.1, 0.15) is 25.3 Å². The molecule has 1 aromatic carbocycles. The fourth-order valence-corrected chi connectivity index (χ4v) is 3.20. The van der Waals surface area contributed by atoms with Gasteiger partial charge in [-0.05, 0) is 49.7 Å². The predicted molar refractivity (Wildman–Crippen MR) is 98.4 cm³/mol. The highest BCUT2D eigenvalue weighted by Crippen LogP contribution is 2.30. The van der Waals surface area contributed by atoms with E-state index in [2.05, 4.69) is 16.1 Å². The Balaban J connectivity index is 1.66. The van der Waals surface area contributed by atoms with Crippen molar-refractivity contribution in [1.82, 2.24) is 21.1 Å². The number of thiocarbonyl (C=S) groups is 1. The first kappa shape index (κ1) is 18.4. The molecule has 3 rings (SSSR count). The molecular weight excluding hydrogens is 356 g/mol. The van der Waals surface area contributed by atoms with Gasteiger partial charge in [0.2, 0.25) is 0 Å². The molecule has 8 nitrogen and oxygen atoms in total. The van der Waals surface area contributed by atoms with Crippen LogP contribution >= 0.6 is 12.2 Å². The molecule has 1 aromatic rings. The van der Waals surface area contributed by atoms with E-state index in [0.29, 0.717) is 17.9 Å². The molecule has 0 bridgehead atoms. The van der Waals surface area contributed by atoms with Gasteiger partial charge < -0.3 is 20.1 Å². The summed E-state index contributed by atoms with van der Waals surface area (Å²) in [5, 5.41) is 6.77. The molecule has 0 saturated carbocycles. The molecule has 3 N–H and O–H groups in total. The van der Waals surface area contributed by atoms with Gasteiger partial charge in [-0.2, -0.15) is 5.01 Å². The van der Waals surface area contributed by atoms with Gasteiger partial charge in [0.25, 0.3) is 5.91 Å². The number of hydrazine groups is 1. The maximum Gasteiger partial charge on any atom is 0.344 e. The van der Waals surface area contributed by atoms with Crippen LogP contribution in [-0.2, 0) is 15.1 Å². The molecule has 9 heteroatoms. The third-order valence-corrected chi connectivity index (χ3v) is 4.80. The van der Waals surface area contributed by atoms with Gasteiger partial charge in [0.15, 0.2) is 5.11 Å². The summed E-state index contributed by atoms with van der Waals surface area (Å²) in [6.45, 7) is 2.92. The largest absolute Gasteiger partial charge is 0.497 e. The van der Waals surface area contributed by atoms with Crippen molar-refractivity contribution >= 4 is 29.3 Å². The zero-order chi connectivity index (χ0) is 18.7. The normalized spacial score (nSPS) is 25.2. The number of nitrogens with zero attached hydrogens (tertiary/aromatic N) is 1. The highest BCUT2D eigenvalue weighted by Gasteiger charge is 2.50. The standard InChI is InChI=1S/C17H22N4O4S/c1-17(11-5-3-6-12(9-11)24-2)14(22)21(16(23)19-17)20-15(26)18-10-13-7-4-8-25-13/h3,5-6,9,13H,4,7-8,10H2,1-2H3,(H,19,23)(H2,18,20,26). The zero-order valence-corrected chi connectivity index (χ0v) is 15.5. The summed E-state index contributed by atoms with van der Waals surface area (Å²) in [6, 6.07) is 6.45. The van der Waals surface area contributed by atoms with Crippen LogP contribution in [0.3, 0.4) is 0 Å². The molecule has 2 saturated heterocycles. The topological polar surface area (TPSA) is 91.9 Å². The summed E-state index contributed by atoms with van der Waals surface area (Å²) in [4.78, 5) is 25.2. The molecule has 0 aromatic heterocycles. The Hall–Kier alpha value is -2.39. The molecular formula is C17H22N4O4S. The second-order valence-corrected chi connectivity index (χ2v) is 6.79. The molecule has 0 spiro atoms. The van der Waals surface area contributed by atoms with Gasteiger partial charge in [-0.3, -0.25) is 10.2 Å². The van der Waals surface area contributed by atoms with Crippen LogP contribution in [0.25, 0.3) is 0 Å². The van der Waals surface area contributed by atoms with Crippen LogP contribution in [0, 0.1) is 0 Å². The summed E-state index contributed by atoms with van der Waals surface area (Å²) < 4.78 is 10.7. The van der Waals surface area contributed by atoms with Crippen molar-refractivity contribution in [1.29, 1.82) is 0 Å². The van der Waals surface area contributed by atoms with Crippen molar-refractivity contribution < 1.29 is 19.1 Å². The first-order chi connectivity index (χ1) is 12.4. The van der Waals surface area contributed by atoms with Crippen molar-refractivity contribution in [2.24, 2.45) is 0 Å². The number of benzene rings is 1. The number of carbonyl (C=O) groups is 2. The number of imide groups is 1. The van der Waals surface area contributed by atoms with Crippen LogP contribution in [0.4, 0.5) is 4.79 Å². The van der Waals surface area contributed by atoms with E-state index < -0.39 is 17.5 Å². The number of rotatable bonds is 5.